The van der Waals surface area contributed by atoms with Crippen LogP contribution in [0.4, 0.5) is 39.5 Å². The minimum absolute atomic E-state index is 0.139. The van der Waals surface area contributed by atoms with Crippen molar-refractivity contribution < 1.29 is 39.5 Å². The zero-order valence-corrected chi connectivity index (χ0v) is 13.7. The molecule has 1 unspecified atom stereocenters. The third-order valence-electron chi connectivity index (χ3n) is 3.85. The predicted octanol–water partition coefficient (Wildman–Crippen LogP) is 5.69. The number of hydrogen-bond acceptors (Lipinski definition) is 2. The Morgan fingerprint density at radius 3 is 1.81 bits per heavy atom. The first-order chi connectivity index (χ1) is 12.1. The number of benzene rings is 1. The van der Waals surface area contributed by atoms with Gasteiger partial charge in [-0.2, -0.15) is 35.1 Å². The number of rotatable bonds is 3. The molecule has 0 saturated carbocycles. The molecule has 27 heavy (non-hydrogen) atoms. The summed E-state index contributed by atoms with van der Waals surface area (Å²) in [7, 11) is 0. The summed E-state index contributed by atoms with van der Waals surface area (Å²) in [6, 6.07) is 1.51. The molecule has 11 heteroatoms. The highest BCUT2D eigenvalue weighted by Gasteiger charge is 2.82. The molecule has 0 bridgehead atoms. The Balaban J connectivity index is 2.99. The first-order valence-electron chi connectivity index (χ1n) is 7.23. The fourth-order valence-corrected chi connectivity index (χ4v) is 2.70. The summed E-state index contributed by atoms with van der Waals surface area (Å²) < 4.78 is 121. The van der Waals surface area contributed by atoms with Crippen molar-refractivity contribution in [1.82, 2.24) is 9.97 Å². The van der Waals surface area contributed by atoms with Gasteiger partial charge in [0.25, 0.3) is 0 Å². The van der Waals surface area contributed by atoms with Crippen molar-refractivity contribution >= 4 is 0 Å². The molecule has 2 rings (SSSR count). The van der Waals surface area contributed by atoms with E-state index in [0.29, 0.717) is 6.07 Å². The lowest BCUT2D eigenvalue weighted by atomic mass is 9.81. The van der Waals surface area contributed by atoms with Crippen molar-refractivity contribution in [2.75, 3.05) is 0 Å². The number of hydrogen-bond donors (Lipinski definition) is 0. The number of aryl methyl sites for hydroxylation is 2. The van der Waals surface area contributed by atoms with Crippen LogP contribution in [0.25, 0.3) is 11.3 Å². The summed E-state index contributed by atoms with van der Waals surface area (Å²) in [6.07, 6.45) is -10.5. The molecular weight excluding hydrogens is 391 g/mol. The maximum absolute atomic E-state index is 15.0. The fraction of sp³-hybridized carbons (Fsp3) is 0.375. The van der Waals surface area contributed by atoms with E-state index in [1.807, 2.05) is 0 Å². The Hall–Kier alpha value is -2.33. The number of halogens is 9. The van der Waals surface area contributed by atoms with Crippen LogP contribution in [0.15, 0.2) is 30.7 Å². The smallest absolute Gasteiger partial charge is 0.261 e. The van der Waals surface area contributed by atoms with Gasteiger partial charge in [-0.3, -0.25) is 9.97 Å². The standard InChI is InChI=1S/C16H11F9N2/c1-8-5-9(2)12(11-7-26-3-4-27-11)10(6-8)13(17,15(20,21)22)14(18,19)16(23,24)25/h3-7H,1-2H3. The van der Waals surface area contributed by atoms with E-state index in [4.69, 9.17) is 0 Å². The van der Waals surface area contributed by atoms with E-state index < -0.39 is 40.8 Å². The normalized spacial score (nSPS) is 15.5. The largest absolute Gasteiger partial charge is 0.457 e. The Morgan fingerprint density at radius 1 is 0.778 bits per heavy atom. The molecule has 1 heterocycles. The molecule has 0 amide bonds. The van der Waals surface area contributed by atoms with Gasteiger partial charge in [0.1, 0.15) is 0 Å². The summed E-state index contributed by atoms with van der Waals surface area (Å²) in [5.41, 5.74) is -9.54. The minimum Gasteiger partial charge on any atom is -0.261 e. The van der Waals surface area contributed by atoms with E-state index in [9.17, 15) is 39.5 Å². The van der Waals surface area contributed by atoms with Crippen molar-refractivity contribution in [1.29, 1.82) is 0 Å². The highest BCUT2D eigenvalue weighted by Crippen LogP contribution is 2.59. The predicted molar refractivity (Wildman–Crippen MR) is 76.8 cm³/mol. The molecular formula is C16H11F9N2. The lowest BCUT2D eigenvalue weighted by molar-refractivity contribution is -0.389. The molecule has 0 fully saturated rings. The van der Waals surface area contributed by atoms with Crippen LogP contribution in [0.5, 0.6) is 0 Å². The van der Waals surface area contributed by atoms with E-state index in [-0.39, 0.29) is 11.1 Å². The van der Waals surface area contributed by atoms with E-state index in [0.717, 1.165) is 32.4 Å². The summed E-state index contributed by atoms with van der Waals surface area (Å²) in [6.45, 7) is 2.28. The Labute approximate surface area is 147 Å². The van der Waals surface area contributed by atoms with Crippen LogP contribution in [-0.2, 0) is 5.67 Å². The van der Waals surface area contributed by atoms with Gasteiger partial charge in [0.05, 0.1) is 11.9 Å². The van der Waals surface area contributed by atoms with Crippen molar-refractivity contribution in [3.63, 3.8) is 0 Å². The topological polar surface area (TPSA) is 25.8 Å². The SMILES string of the molecule is Cc1cc(C)c(-c2cnccn2)c(C(F)(C(F)(F)F)C(F)(F)C(F)(F)F)c1. The molecule has 0 saturated heterocycles. The number of alkyl halides is 9. The fourth-order valence-electron chi connectivity index (χ4n) is 2.70. The summed E-state index contributed by atoms with van der Waals surface area (Å²) in [5, 5.41) is 0. The van der Waals surface area contributed by atoms with E-state index in [1.165, 1.54) is 6.07 Å². The zero-order valence-electron chi connectivity index (χ0n) is 13.7. The molecule has 0 aliphatic heterocycles. The summed E-state index contributed by atoms with van der Waals surface area (Å²) in [4.78, 5) is 7.16. The second kappa shape index (κ2) is 6.38. The van der Waals surface area contributed by atoms with Gasteiger partial charge >= 0.3 is 23.9 Å². The van der Waals surface area contributed by atoms with E-state index in [2.05, 4.69) is 9.97 Å². The van der Waals surface area contributed by atoms with Crippen LogP contribution in [0, 0.1) is 13.8 Å². The summed E-state index contributed by atoms with van der Waals surface area (Å²) in [5.74, 6) is -6.75. The molecule has 2 aromatic rings. The third kappa shape index (κ3) is 3.23. The van der Waals surface area contributed by atoms with E-state index >= 15 is 0 Å². The molecule has 0 spiro atoms. The molecule has 0 radical (unpaired) electrons. The average molecular weight is 402 g/mol. The first-order valence-corrected chi connectivity index (χ1v) is 7.23. The molecule has 0 N–H and O–H groups in total. The van der Waals surface area contributed by atoms with Gasteiger partial charge in [0.2, 0.25) is 0 Å². The van der Waals surface area contributed by atoms with Crippen LogP contribution >= 0.6 is 0 Å². The lowest BCUT2D eigenvalue weighted by Gasteiger charge is -2.37. The van der Waals surface area contributed by atoms with Crippen LogP contribution in [0.2, 0.25) is 0 Å². The van der Waals surface area contributed by atoms with Gasteiger partial charge in [-0.15, -0.1) is 0 Å². The van der Waals surface area contributed by atoms with E-state index in [1.54, 1.807) is 0 Å². The highest BCUT2D eigenvalue weighted by atomic mass is 19.4. The monoisotopic (exact) mass is 402 g/mol. The van der Waals surface area contributed by atoms with Gasteiger partial charge in [-0.05, 0) is 19.4 Å². The Bertz CT molecular complexity index is 828. The quantitative estimate of drug-likeness (QED) is 0.617. The molecule has 1 atom stereocenters. The average Bonchev–Trinajstić information content (AvgIpc) is 2.51. The lowest BCUT2D eigenvalue weighted by Crippen LogP contribution is -2.60. The second-order valence-corrected chi connectivity index (χ2v) is 5.82. The minimum atomic E-state index is -6.80. The first kappa shape index (κ1) is 21.0. The molecule has 0 aliphatic rings. The molecule has 2 nitrogen and oxygen atoms in total. The summed E-state index contributed by atoms with van der Waals surface area (Å²) >= 11 is 0. The molecule has 0 aliphatic carbocycles. The Kier molecular flexibility index (Phi) is 4.96. The van der Waals surface area contributed by atoms with Gasteiger partial charge in [0, 0.05) is 23.5 Å². The number of aromatic nitrogens is 2. The molecule has 1 aromatic carbocycles. The van der Waals surface area contributed by atoms with Crippen LogP contribution in [-0.4, -0.2) is 28.2 Å². The third-order valence-corrected chi connectivity index (χ3v) is 3.85. The number of nitrogens with zero attached hydrogens (tertiary/aromatic N) is 2. The maximum atomic E-state index is 15.0. The van der Waals surface area contributed by atoms with Gasteiger partial charge in [0.15, 0.2) is 0 Å². The Morgan fingerprint density at radius 2 is 1.37 bits per heavy atom. The van der Waals surface area contributed by atoms with Gasteiger partial charge in [-0.1, -0.05) is 17.7 Å². The van der Waals surface area contributed by atoms with Crippen LogP contribution < -0.4 is 0 Å². The molecule has 1 aromatic heterocycles. The van der Waals surface area contributed by atoms with Crippen molar-refractivity contribution in [2.45, 2.75) is 37.8 Å². The van der Waals surface area contributed by atoms with Gasteiger partial charge in [-0.25, -0.2) is 4.39 Å². The van der Waals surface area contributed by atoms with Gasteiger partial charge < -0.3 is 0 Å². The highest BCUT2D eigenvalue weighted by molar-refractivity contribution is 5.70. The van der Waals surface area contributed by atoms with Crippen molar-refractivity contribution in [2.24, 2.45) is 0 Å². The van der Waals surface area contributed by atoms with Crippen molar-refractivity contribution in [3.8, 4) is 11.3 Å². The maximum Gasteiger partial charge on any atom is 0.457 e. The van der Waals surface area contributed by atoms with Crippen LogP contribution in [0.1, 0.15) is 16.7 Å². The van der Waals surface area contributed by atoms with Crippen LogP contribution in [0.3, 0.4) is 0 Å². The molecule has 148 valence electrons. The zero-order chi connectivity index (χ0) is 20.8. The second-order valence-electron chi connectivity index (χ2n) is 5.82. The van der Waals surface area contributed by atoms with Crippen molar-refractivity contribution in [3.05, 3.63) is 47.4 Å².